The van der Waals surface area contributed by atoms with Crippen LogP contribution in [0.2, 0.25) is 0 Å². The summed E-state index contributed by atoms with van der Waals surface area (Å²) >= 11 is 0. The van der Waals surface area contributed by atoms with Crippen molar-refractivity contribution in [2.75, 3.05) is 39.6 Å². The van der Waals surface area contributed by atoms with Crippen molar-refractivity contribution >= 4 is 39.5 Å². The molecule has 0 saturated heterocycles. The van der Waals surface area contributed by atoms with Crippen LogP contribution in [0.25, 0.3) is 0 Å². The predicted molar refractivity (Wildman–Crippen MR) is 460 cm³/mol. The molecule has 0 aromatic rings. The summed E-state index contributed by atoms with van der Waals surface area (Å²) in [4.78, 5) is 73.4. The fraction of sp³-hybridized carbons (Fsp3) is 0.957. The molecule has 3 unspecified atom stereocenters. The third-order valence-corrected chi connectivity index (χ3v) is 23.5. The number of carbonyl (C=O) groups excluding carboxylic acids is 4. The van der Waals surface area contributed by atoms with Crippen molar-refractivity contribution in [1.82, 2.24) is 0 Å². The molecule has 0 spiro atoms. The lowest BCUT2D eigenvalue weighted by Crippen LogP contribution is -2.30. The summed E-state index contributed by atoms with van der Waals surface area (Å²) in [6, 6.07) is 0. The van der Waals surface area contributed by atoms with Gasteiger partial charge >= 0.3 is 39.5 Å². The zero-order chi connectivity index (χ0) is 81.6. The third kappa shape index (κ3) is 85.8. The van der Waals surface area contributed by atoms with Gasteiger partial charge in [-0.3, -0.25) is 37.3 Å². The number of ether oxygens (including phenoxy) is 4. The summed E-state index contributed by atoms with van der Waals surface area (Å²) in [5.74, 6) is 1.06. The zero-order valence-corrected chi connectivity index (χ0v) is 75.4. The first-order valence-electron chi connectivity index (χ1n) is 47.2. The summed E-state index contributed by atoms with van der Waals surface area (Å²) in [6.45, 7) is 14.4. The van der Waals surface area contributed by atoms with Gasteiger partial charge < -0.3 is 33.8 Å². The van der Waals surface area contributed by atoms with E-state index in [1.54, 1.807) is 0 Å². The molecule has 0 radical (unpaired) electrons. The van der Waals surface area contributed by atoms with Crippen LogP contribution >= 0.6 is 15.6 Å². The molecule has 0 aliphatic rings. The number of aliphatic hydroxyl groups is 1. The Morgan fingerprint density at radius 2 is 0.378 bits per heavy atom. The highest BCUT2D eigenvalue weighted by Gasteiger charge is 2.31. The van der Waals surface area contributed by atoms with Crippen molar-refractivity contribution in [2.45, 2.75) is 504 Å². The lowest BCUT2D eigenvalue weighted by atomic mass is 10.0. The standard InChI is InChI=1S/C92H180O17P2/c1-82(2)68-60-52-44-37-31-25-19-13-9-11-15-23-29-35-41-49-58-66-74-91(96)108-87(78-102-89(94)72-64-56-48-40-34-28-22-18-17-21-27-33-39-46-54-62-70-84(5)6)80-106-110(98,99)104-76-86(93)77-105-111(100,101)107-81-88(79-103-90(95)73-65-57-51-43-47-55-63-71-85(7)8)109-92(97)75-67-59-50-42-36-30-24-16-12-10-14-20-26-32-38-45-53-61-69-83(3)4/h82-88,93H,9-81H2,1-8H3,(H,98,99)(H,100,101)/t86?,87-,88-/m1/s1. The van der Waals surface area contributed by atoms with Crippen molar-refractivity contribution < 1.29 is 80.2 Å². The molecule has 3 N–H and O–H groups in total. The van der Waals surface area contributed by atoms with E-state index < -0.39 is 97.5 Å². The number of esters is 4. The van der Waals surface area contributed by atoms with Crippen LogP contribution in [0, 0.1) is 23.7 Å². The third-order valence-electron chi connectivity index (χ3n) is 21.6. The Kier molecular flexibility index (Phi) is 79.1. The second-order valence-corrected chi connectivity index (χ2v) is 37.9. The van der Waals surface area contributed by atoms with E-state index in [0.29, 0.717) is 31.6 Å². The maximum absolute atomic E-state index is 13.2. The molecule has 0 heterocycles. The van der Waals surface area contributed by atoms with Gasteiger partial charge in [0.1, 0.15) is 19.3 Å². The van der Waals surface area contributed by atoms with E-state index in [-0.39, 0.29) is 25.7 Å². The molecule has 0 amide bonds. The van der Waals surface area contributed by atoms with Gasteiger partial charge in [-0.25, -0.2) is 9.13 Å². The molecule has 111 heavy (non-hydrogen) atoms. The molecule has 17 nitrogen and oxygen atoms in total. The largest absolute Gasteiger partial charge is 0.472 e. The number of carbonyl (C=O) groups is 4. The highest BCUT2D eigenvalue weighted by atomic mass is 31.2. The van der Waals surface area contributed by atoms with E-state index in [0.717, 1.165) is 114 Å². The van der Waals surface area contributed by atoms with Crippen LogP contribution in [-0.4, -0.2) is 96.7 Å². The van der Waals surface area contributed by atoms with Gasteiger partial charge in [0.25, 0.3) is 0 Å². The first-order chi connectivity index (χ1) is 53.6. The second kappa shape index (κ2) is 80.5. The highest BCUT2D eigenvalue weighted by molar-refractivity contribution is 7.47. The Hall–Kier alpha value is -1.94. The predicted octanol–water partition coefficient (Wildman–Crippen LogP) is 28.3. The molecule has 0 aromatic heterocycles. The molecule has 19 heteroatoms. The van der Waals surface area contributed by atoms with Crippen LogP contribution in [0.3, 0.4) is 0 Å². The maximum atomic E-state index is 13.2. The van der Waals surface area contributed by atoms with Crippen molar-refractivity contribution in [3.8, 4) is 0 Å². The van der Waals surface area contributed by atoms with Gasteiger partial charge in [0.2, 0.25) is 0 Å². The SMILES string of the molecule is CC(C)CCCCCCCCCCCCCCCCCCCCC(=O)O[C@H](COC(=O)CCCCCCCCCCCCCCCCCCC(C)C)COP(=O)(O)OCC(O)COP(=O)(O)OC[C@@H](COC(=O)CCCCCCCCCC(C)C)OC(=O)CCCCCCCCCCCCCCCCCCCCC(C)C. The van der Waals surface area contributed by atoms with E-state index in [4.69, 9.17) is 37.0 Å². The van der Waals surface area contributed by atoms with Crippen LogP contribution in [0.4, 0.5) is 0 Å². The van der Waals surface area contributed by atoms with Gasteiger partial charge in [0.05, 0.1) is 26.4 Å². The molecular formula is C92H180O17P2. The van der Waals surface area contributed by atoms with Crippen molar-refractivity contribution in [1.29, 1.82) is 0 Å². The van der Waals surface area contributed by atoms with Gasteiger partial charge in [-0.1, -0.05) is 434 Å². The lowest BCUT2D eigenvalue weighted by molar-refractivity contribution is -0.161. The van der Waals surface area contributed by atoms with Crippen LogP contribution in [0.5, 0.6) is 0 Å². The van der Waals surface area contributed by atoms with Crippen molar-refractivity contribution in [2.24, 2.45) is 23.7 Å². The number of phosphoric ester groups is 2. The zero-order valence-electron chi connectivity index (χ0n) is 73.6. The highest BCUT2D eigenvalue weighted by Crippen LogP contribution is 2.45. The average Bonchev–Trinajstić information content (AvgIpc) is 0.875. The normalized spacial score (nSPS) is 13.8. The fourth-order valence-corrected chi connectivity index (χ4v) is 16.0. The number of unbranched alkanes of at least 4 members (excludes halogenated alkanes) is 55. The number of aliphatic hydroxyl groups excluding tert-OH is 1. The minimum Gasteiger partial charge on any atom is -0.462 e. The molecule has 0 saturated carbocycles. The van der Waals surface area contributed by atoms with Gasteiger partial charge in [0.15, 0.2) is 12.2 Å². The van der Waals surface area contributed by atoms with Crippen LogP contribution in [0.15, 0.2) is 0 Å². The Morgan fingerprint density at radius 3 is 0.559 bits per heavy atom. The Morgan fingerprint density at radius 1 is 0.225 bits per heavy atom. The van der Waals surface area contributed by atoms with Gasteiger partial charge in [-0.2, -0.15) is 0 Å². The van der Waals surface area contributed by atoms with Crippen LogP contribution in [0.1, 0.15) is 486 Å². The number of rotatable bonds is 89. The van der Waals surface area contributed by atoms with Crippen molar-refractivity contribution in [3.63, 3.8) is 0 Å². The smallest absolute Gasteiger partial charge is 0.462 e. The summed E-state index contributed by atoms with van der Waals surface area (Å²) in [5.41, 5.74) is 0. The summed E-state index contributed by atoms with van der Waals surface area (Å²) in [5, 5.41) is 10.7. The molecule has 0 aliphatic carbocycles. The minimum atomic E-state index is -4.97. The van der Waals surface area contributed by atoms with E-state index in [1.165, 1.54) is 283 Å². The average molecular weight is 1620 g/mol. The van der Waals surface area contributed by atoms with E-state index in [1.807, 2.05) is 0 Å². The second-order valence-electron chi connectivity index (χ2n) is 35.0. The lowest BCUT2D eigenvalue weighted by Gasteiger charge is -2.21. The summed E-state index contributed by atoms with van der Waals surface area (Å²) in [7, 11) is -9.94. The molecular weight excluding hydrogens is 1440 g/mol. The molecule has 0 aromatic carbocycles. The number of hydrogen-bond acceptors (Lipinski definition) is 15. The number of hydrogen-bond donors (Lipinski definition) is 3. The fourth-order valence-electron chi connectivity index (χ4n) is 14.4. The van der Waals surface area contributed by atoms with E-state index >= 15 is 0 Å². The van der Waals surface area contributed by atoms with Crippen LogP contribution in [-0.2, 0) is 65.4 Å². The minimum absolute atomic E-state index is 0.107. The quantitative estimate of drug-likeness (QED) is 0.0222. The molecule has 0 fully saturated rings. The molecule has 0 rings (SSSR count). The van der Waals surface area contributed by atoms with Gasteiger partial charge in [-0.05, 0) is 49.4 Å². The Labute approximate surface area is 683 Å². The van der Waals surface area contributed by atoms with Crippen LogP contribution < -0.4 is 0 Å². The van der Waals surface area contributed by atoms with E-state index in [9.17, 15) is 43.2 Å². The summed E-state index contributed by atoms with van der Waals surface area (Å²) < 4.78 is 69.1. The van der Waals surface area contributed by atoms with Gasteiger partial charge in [-0.15, -0.1) is 0 Å². The van der Waals surface area contributed by atoms with E-state index in [2.05, 4.69) is 55.4 Å². The maximum Gasteiger partial charge on any atom is 0.472 e. The Balaban J connectivity index is 5.21. The van der Waals surface area contributed by atoms with Crippen molar-refractivity contribution in [3.05, 3.63) is 0 Å². The molecule has 0 aliphatic heterocycles. The topological polar surface area (TPSA) is 237 Å². The monoisotopic (exact) mass is 1620 g/mol. The summed E-state index contributed by atoms with van der Waals surface area (Å²) in [6.07, 6.45) is 72.5. The first kappa shape index (κ1) is 109. The molecule has 660 valence electrons. The number of phosphoric acid groups is 2. The molecule has 5 atom stereocenters. The first-order valence-corrected chi connectivity index (χ1v) is 50.2. The van der Waals surface area contributed by atoms with Gasteiger partial charge in [0, 0.05) is 25.7 Å². The molecule has 0 bridgehead atoms. The Bertz CT molecular complexity index is 2150.